The summed E-state index contributed by atoms with van der Waals surface area (Å²) in [6.45, 7) is 9.24. The molecule has 6 nitrogen and oxygen atoms in total. The maximum atomic E-state index is 12.8. The molecule has 1 saturated carbocycles. The van der Waals surface area contributed by atoms with Crippen molar-refractivity contribution in [2.24, 2.45) is 10.9 Å². The first-order chi connectivity index (χ1) is 13.4. The summed E-state index contributed by atoms with van der Waals surface area (Å²) in [6.07, 6.45) is 4.21. The highest BCUT2D eigenvalue weighted by molar-refractivity contribution is 14.0. The number of hydrogen-bond acceptors (Lipinski definition) is 4. The van der Waals surface area contributed by atoms with Crippen LogP contribution in [0, 0.1) is 5.92 Å². The molecule has 0 aromatic carbocycles. The van der Waals surface area contributed by atoms with Crippen LogP contribution in [0.15, 0.2) is 21.8 Å². The Kier molecular flexibility index (Phi) is 9.06. The number of aliphatic imine (C=N–C) groups is 1. The van der Waals surface area contributed by atoms with Crippen LogP contribution in [0.4, 0.5) is 4.79 Å². The van der Waals surface area contributed by atoms with Gasteiger partial charge in [0.25, 0.3) is 0 Å². The number of nitrogens with zero attached hydrogens (tertiary/aromatic N) is 3. The van der Waals surface area contributed by atoms with E-state index in [0.29, 0.717) is 5.92 Å². The van der Waals surface area contributed by atoms with Gasteiger partial charge >= 0.3 is 6.09 Å². The maximum absolute atomic E-state index is 12.8. The van der Waals surface area contributed by atoms with Crippen LogP contribution in [0.1, 0.15) is 52.0 Å². The predicted octanol–water partition coefficient (Wildman–Crippen LogP) is 4.55. The summed E-state index contributed by atoms with van der Waals surface area (Å²) >= 11 is 1.71. The molecule has 8 heteroatoms. The average Bonchev–Trinajstić information content (AvgIpc) is 3.32. The molecule has 0 unspecified atom stereocenters. The number of amides is 1. The average molecular weight is 535 g/mol. The molecule has 1 aliphatic carbocycles. The molecule has 3 rings (SSSR count). The highest BCUT2D eigenvalue weighted by Crippen LogP contribution is 2.32. The number of hydrogen-bond donors (Lipinski definition) is 1. The normalized spacial score (nSPS) is 18.2. The fourth-order valence-corrected chi connectivity index (χ4v) is 4.24. The van der Waals surface area contributed by atoms with Crippen LogP contribution in [-0.2, 0) is 11.3 Å². The Morgan fingerprint density at radius 3 is 2.52 bits per heavy atom. The molecule has 1 amide bonds. The molecule has 0 spiro atoms. The van der Waals surface area contributed by atoms with E-state index < -0.39 is 5.60 Å². The van der Waals surface area contributed by atoms with Crippen molar-refractivity contribution in [2.45, 2.75) is 64.6 Å². The molecule has 1 aromatic heterocycles. The van der Waals surface area contributed by atoms with Crippen LogP contribution in [0.2, 0.25) is 0 Å². The van der Waals surface area contributed by atoms with Gasteiger partial charge in [0.2, 0.25) is 0 Å². The molecule has 2 heterocycles. The van der Waals surface area contributed by atoms with E-state index in [1.54, 1.807) is 11.3 Å². The Morgan fingerprint density at radius 1 is 1.31 bits per heavy atom. The van der Waals surface area contributed by atoms with Crippen molar-refractivity contribution < 1.29 is 9.53 Å². The van der Waals surface area contributed by atoms with Crippen LogP contribution in [0.5, 0.6) is 0 Å². The van der Waals surface area contributed by atoms with Gasteiger partial charge in [-0.1, -0.05) is 0 Å². The summed E-state index contributed by atoms with van der Waals surface area (Å²) in [7, 11) is 1.84. The van der Waals surface area contributed by atoms with E-state index in [4.69, 9.17) is 4.74 Å². The second kappa shape index (κ2) is 10.8. The van der Waals surface area contributed by atoms with E-state index in [2.05, 4.69) is 32.0 Å². The number of nitrogens with one attached hydrogen (secondary N) is 1. The lowest BCUT2D eigenvalue weighted by Crippen LogP contribution is -2.52. The molecule has 1 aromatic rings. The fraction of sp³-hybridized carbons (Fsp3) is 0.714. The Labute approximate surface area is 196 Å². The van der Waals surface area contributed by atoms with Crippen LogP contribution in [-0.4, -0.2) is 60.2 Å². The van der Waals surface area contributed by atoms with Crippen molar-refractivity contribution >= 4 is 47.4 Å². The van der Waals surface area contributed by atoms with Crippen molar-refractivity contribution in [1.29, 1.82) is 0 Å². The minimum Gasteiger partial charge on any atom is -0.444 e. The summed E-state index contributed by atoms with van der Waals surface area (Å²) in [5.41, 5.74) is 0.828. The number of halogens is 1. The fourth-order valence-electron chi connectivity index (χ4n) is 3.57. The molecule has 0 atom stereocenters. The number of thiophene rings is 1. The van der Waals surface area contributed by atoms with Gasteiger partial charge in [0.1, 0.15) is 5.60 Å². The lowest BCUT2D eigenvalue weighted by molar-refractivity contribution is 0.00928. The molecule has 2 aliphatic rings. The number of ether oxygens (including phenoxy) is 1. The van der Waals surface area contributed by atoms with Gasteiger partial charge in [0.15, 0.2) is 5.96 Å². The molecule has 1 saturated heterocycles. The van der Waals surface area contributed by atoms with Gasteiger partial charge in [-0.3, -0.25) is 4.99 Å². The monoisotopic (exact) mass is 534 g/mol. The molecule has 1 aliphatic heterocycles. The van der Waals surface area contributed by atoms with Gasteiger partial charge < -0.3 is 19.9 Å². The van der Waals surface area contributed by atoms with Crippen molar-refractivity contribution in [2.75, 3.05) is 26.7 Å². The third-order valence-corrected chi connectivity index (χ3v) is 5.96. The molecule has 0 bridgehead atoms. The molecule has 29 heavy (non-hydrogen) atoms. The van der Waals surface area contributed by atoms with Gasteiger partial charge in [0.05, 0.1) is 0 Å². The minimum absolute atomic E-state index is 0. The number of carbonyl (C=O) groups is 1. The third-order valence-electron chi connectivity index (χ3n) is 5.23. The van der Waals surface area contributed by atoms with E-state index in [9.17, 15) is 4.79 Å². The van der Waals surface area contributed by atoms with Crippen molar-refractivity contribution in [3.05, 3.63) is 22.4 Å². The first-order valence-corrected chi connectivity index (χ1v) is 11.3. The van der Waals surface area contributed by atoms with E-state index in [0.717, 1.165) is 45.0 Å². The van der Waals surface area contributed by atoms with Gasteiger partial charge in [-0.15, -0.1) is 24.0 Å². The Hall–Kier alpha value is -1.03. The van der Waals surface area contributed by atoms with E-state index in [1.165, 1.54) is 18.4 Å². The molecule has 0 radical (unpaired) electrons. The number of rotatable bonds is 5. The molecule has 1 N–H and O–H groups in total. The van der Waals surface area contributed by atoms with Crippen molar-refractivity contribution in [3.63, 3.8) is 0 Å². The zero-order chi connectivity index (χ0) is 20.1. The second-order valence-corrected chi connectivity index (χ2v) is 9.61. The highest BCUT2D eigenvalue weighted by atomic mass is 127. The van der Waals surface area contributed by atoms with Crippen molar-refractivity contribution in [1.82, 2.24) is 15.1 Å². The van der Waals surface area contributed by atoms with Crippen LogP contribution < -0.4 is 5.32 Å². The zero-order valence-electron chi connectivity index (χ0n) is 18.0. The number of guanidine groups is 1. The zero-order valence-corrected chi connectivity index (χ0v) is 21.2. The Balaban J connectivity index is 0.00000300. The highest BCUT2D eigenvalue weighted by Gasteiger charge is 2.35. The Bertz CT molecular complexity index is 663. The first kappa shape index (κ1) is 24.2. The minimum atomic E-state index is -0.451. The number of piperidine rings is 1. The molecule has 164 valence electrons. The maximum Gasteiger partial charge on any atom is 0.410 e. The van der Waals surface area contributed by atoms with Crippen LogP contribution in [0.3, 0.4) is 0 Å². The number of carbonyl (C=O) groups excluding carboxylic acids is 1. The summed E-state index contributed by atoms with van der Waals surface area (Å²) in [5.74, 6) is 1.60. The smallest absolute Gasteiger partial charge is 0.410 e. The van der Waals surface area contributed by atoms with E-state index in [-0.39, 0.29) is 36.1 Å². The van der Waals surface area contributed by atoms with Gasteiger partial charge in [-0.05, 0) is 74.8 Å². The molecular formula is C21H35IN4O2S. The molecular weight excluding hydrogens is 499 g/mol. The standard InChI is InChI=1S/C21H34N4O2S.HI/c1-21(2,3)27-20(26)25(14-16-5-6-16)18-7-10-24(11-8-18)19(22-4)23-13-17-9-12-28-15-17;/h9,12,15-16,18H,5-8,10-11,13-14H2,1-4H3,(H,22,23);1H. The summed E-state index contributed by atoms with van der Waals surface area (Å²) in [6, 6.07) is 2.38. The lowest BCUT2D eigenvalue weighted by atomic mass is 10.0. The lowest BCUT2D eigenvalue weighted by Gasteiger charge is -2.40. The summed E-state index contributed by atoms with van der Waals surface area (Å²) in [4.78, 5) is 21.5. The van der Waals surface area contributed by atoms with E-state index in [1.807, 2.05) is 32.7 Å². The first-order valence-electron chi connectivity index (χ1n) is 10.3. The van der Waals surface area contributed by atoms with Gasteiger partial charge in [-0.2, -0.15) is 11.3 Å². The summed E-state index contributed by atoms with van der Waals surface area (Å²) < 4.78 is 5.70. The van der Waals surface area contributed by atoms with Gasteiger partial charge in [0, 0.05) is 39.3 Å². The van der Waals surface area contributed by atoms with Gasteiger partial charge in [-0.25, -0.2) is 4.79 Å². The van der Waals surface area contributed by atoms with Crippen LogP contribution >= 0.6 is 35.3 Å². The largest absolute Gasteiger partial charge is 0.444 e. The SMILES string of the molecule is CN=C(NCc1ccsc1)N1CCC(N(CC2CC2)C(=O)OC(C)(C)C)CC1.I. The topological polar surface area (TPSA) is 57.2 Å². The summed E-state index contributed by atoms with van der Waals surface area (Å²) in [5, 5.41) is 7.71. The van der Waals surface area contributed by atoms with E-state index >= 15 is 0 Å². The second-order valence-electron chi connectivity index (χ2n) is 8.83. The molecule has 2 fully saturated rings. The predicted molar refractivity (Wildman–Crippen MR) is 130 cm³/mol. The third kappa shape index (κ3) is 7.62. The van der Waals surface area contributed by atoms with Crippen LogP contribution in [0.25, 0.3) is 0 Å². The Morgan fingerprint density at radius 2 is 2.00 bits per heavy atom. The number of likely N-dealkylation sites (tertiary alicyclic amines) is 1. The quantitative estimate of drug-likeness (QED) is 0.342. The van der Waals surface area contributed by atoms with Crippen molar-refractivity contribution in [3.8, 4) is 0 Å².